The van der Waals surface area contributed by atoms with Crippen molar-refractivity contribution in [3.05, 3.63) is 66.5 Å². The molecule has 2 rings (SSSR count). The van der Waals surface area contributed by atoms with Crippen molar-refractivity contribution in [3.63, 3.8) is 0 Å². The predicted octanol–water partition coefficient (Wildman–Crippen LogP) is 10.4. The number of benzene rings is 2. The van der Waals surface area contributed by atoms with E-state index in [0.29, 0.717) is 5.02 Å². The minimum absolute atomic E-state index is 0.689. The monoisotopic (exact) mass is 826 g/mol. The number of aliphatic imine (C=N–C) groups is 1. The maximum Gasteiger partial charge on any atom is 0.106 e. The fourth-order valence-corrected chi connectivity index (χ4v) is 5.49. The molecule has 0 spiro atoms. The first-order valence-corrected chi connectivity index (χ1v) is 24.3. The Balaban J connectivity index is 0.000000618. The Labute approximate surface area is 264 Å². The third kappa shape index (κ3) is 15.9. The molecule has 0 aliphatic heterocycles. The number of halogens is 5. The Hall–Kier alpha value is 1.05. The molecular weight excluding hydrogens is 794 g/mol. The predicted molar refractivity (Wildman–Crippen MR) is 190 cm³/mol. The molecule has 0 saturated carbocycles. The molecule has 0 heterocycles. The van der Waals surface area contributed by atoms with Crippen LogP contribution in [0.1, 0.15) is 11.1 Å². The molecule has 0 aliphatic carbocycles. The van der Waals surface area contributed by atoms with Gasteiger partial charge in [-0.25, -0.2) is 0 Å². The van der Waals surface area contributed by atoms with Crippen molar-refractivity contribution in [3.8, 4) is 0 Å². The normalized spacial score (nSPS) is 11.6. The van der Waals surface area contributed by atoms with E-state index in [2.05, 4.69) is 111 Å². The van der Waals surface area contributed by atoms with Crippen LogP contribution in [0.4, 0.5) is 0 Å². The highest BCUT2D eigenvalue weighted by atomic mass is 127. The molecule has 2 nitrogen and oxygen atoms in total. The molecule has 0 aromatic heterocycles. The van der Waals surface area contributed by atoms with Crippen LogP contribution in [-0.4, -0.2) is 49.7 Å². The Morgan fingerprint density at radius 1 is 0.914 bits per heavy atom. The molecule has 11 heteroatoms. The van der Waals surface area contributed by atoms with Crippen LogP contribution >= 0.6 is 102 Å². The van der Waals surface area contributed by atoms with Gasteiger partial charge in [0.25, 0.3) is 0 Å². The fraction of sp³-hybridized carbons (Fsp3) is 0.417. The van der Waals surface area contributed by atoms with Crippen molar-refractivity contribution in [2.45, 2.75) is 39.3 Å². The highest BCUT2D eigenvalue weighted by Crippen LogP contribution is 2.25. The van der Waals surface area contributed by atoms with Gasteiger partial charge in [0.2, 0.25) is 0 Å². The van der Waals surface area contributed by atoms with Gasteiger partial charge in [-0.3, -0.25) is 4.99 Å². The van der Waals surface area contributed by atoms with E-state index in [4.69, 9.17) is 40.4 Å². The third-order valence-electron chi connectivity index (χ3n) is 4.02. The van der Waals surface area contributed by atoms with Crippen molar-refractivity contribution in [1.82, 2.24) is 5.32 Å². The second kappa shape index (κ2) is 17.6. The number of hydrogen-bond donors (Lipinski definition) is 1. The van der Waals surface area contributed by atoms with Crippen LogP contribution in [0.15, 0.2) is 50.3 Å². The van der Waals surface area contributed by atoms with Gasteiger partial charge in [-0.2, -0.15) is 0 Å². The number of nitrogens with one attached hydrogen (secondary N) is 1. The smallest absolute Gasteiger partial charge is 0.106 e. The molecule has 196 valence electrons. The lowest BCUT2D eigenvalue weighted by Gasteiger charge is -2.18. The van der Waals surface area contributed by atoms with E-state index >= 15 is 0 Å². The molecule has 0 atom stereocenters. The van der Waals surface area contributed by atoms with Crippen molar-refractivity contribution in [2.75, 3.05) is 23.5 Å². The second-order valence-electron chi connectivity index (χ2n) is 9.89. The molecule has 35 heavy (non-hydrogen) atoms. The van der Waals surface area contributed by atoms with Crippen LogP contribution in [0, 0.1) is 0 Å². The highest BCUT2D eigenvalue weighted by Gasteiger charge is 2.14. The molecule has 0 fully saturated rings. The molecule has 0 radical (unpaired) electrons. The number of rotatable bonds is 6. The van der Waals surface area contributed by atoms with E-state index in [1.54, 1.807) is 11.8 Å². The standard InChI is InChI=1S/C12H17BrClNSSi.C11H15BrClNSSi.CH3I/c1-16-12(15-8-17(2,3)4)9-5-6-10(13)11(14)7-9;1-16(2,3)7-14-11(15)8-4-5-9(12)10(13)6-8;1-2/h5-7H,8H2,1-4H3;4-6H,7H2,1-3H3,(H,14,15);1H3. The van der Waals surface area contributed by atoms with Crippen molar-refractivity contribution in [2.24, 2.45) is 4.99 Å². The van der Waals surface area contributed by atoms with Crippen LogP contribution in [0.3, 0.4) is 0 Å². The summed E-state index contributed by atoms with van der Waals surface area (Å²) >= 11 is 28.0. The van der Waals surface area contributed by atoms with Crippen molar-refractivity contribution in [1.29, 1.82) is 0 Å². The quantitative estimate of drug-likeness (QED) is 0.0784. The van der Waals surface area contributed by atoms with Crippen LogP contribution in [0.5, 0.6) is 0 Å². The minimum Gasteiger partial charge on any atom is -0.379 e. The minimum atomic E-state index is -1.14. The lowest BCUT2D eigenvalue weighted by Crippen LogP contribution is -2.39. The van der Waals surface area contributed by atoms with Gasteiger partial charge in [-0.05, 0) is 67.3 Å². The average Bonchev–Trinajstić information content (AvgIpc) is 2.77. The molecular formula is C24H35Br2Cl2IN2S2Si2. The second-order valence-corrected chi connectivity index (χ2v) is 24.5. The van der Waals surface area contributed by atoms with Gasteiger partial charge in [-0.15, -0.1) is 11.8 Å². The molecule has 2 aromatic carbocycles. The van der Waals surface area contributed by atoms with Crippen molar-refractivity contribution >= 4 is 128 Å². The first-order valence-electron chi connectivity index (χ1n) is 10.8. The molecule has 2 aromatic rings. The SMILES string of the molecule is CI.CSC(=NC[Si](C)(C)C)c1ccc(Br)c(Cl)c1.C[Si](C)(C)CNC(=S)c1ccc(Br)c(Cl)c1. The summed E-state index contributed by atoms with van der Waals surface area (Å²) in [6.07, 6.45) is 4.00. The molecule has 0 aliphatic rings. The maximum absolute atomic E-state index is 6.10. The topological polar surface area (TPSA) is 24.4 Å². The summed E-state index contributed by atoms with van der Waals surface area (Å²) in [7, 11) is -2.25. The lowest BCUT2D eigenvalue weighted by atomic mass is 10.2. The molecule has 1 N–H and O–H groups in total. The van der Waals surface area contributed by atoms with E-state index in [9.17, 15) is 0 Å². The Bertz CT molecular complexity index is 998. The summed E-state index contributed by atoms with van der Waals surface area (Å²) in [5.74, 6) is 0. The van der Waals surface area contributed by atoms with Crippen LogP contribution in [0.2, 0.25) is 49.3 Å². The Morgan fingerprint density at radius 2 is 1.37 bits per heavy atom. The number of thioether (sulfide) groups is 1. The summed E-state index contributed by atoms with van der Waals surface area (Å²) < 4.78 is 1.82. The molecule has 0 unspecified atom stereocenters. The zero-order chi connectivity index (χ0) is 27.4. The Morgan fingerprint density at radius 3 is 1.77 bits per heavy atom. The summed E-state index contributed by atoms with van der Waals surface area (Å²) in [5.41, 5.74) is 2.07. The summed E-state index contributed by atoms with van der Waals surface area (Å²) in [6, 6.07) is 11.7. The first-order chi connectivity index (χ1) is 16.1. The van der Waals surface area contributed by atoms with E-state index in [1.165, 1.54) is 0 Å². The highest BCUT2D eigenvalue weighted by molar-refractivity contribution is 14.1. The van der Waals surface area contributed by atoms with Crippen LogP contribution in [0.25, 0.3) is 0 Å². The molecule has 0 bridgehead atoms. The summed E-state index contributed by atoms with van der Waals surface area (Å²) in [5, 5.41) is 5.80. The van der Waals surface area contributed by atoms with Gasteiger partial charge in [-0.1, -0.05) is 109 Å². The van der Waals surface area contributed by atoms with E-state index in [1.807, 2.05) is 35.3 Å². The lowest BCUT2D eigenvalue weighted by molar-refractivity contribution is 1.10. The number of hydrogen-bond acceptors (Lipinski definition) is 3. The molecule has 0 amide bonds. The van der Waals surface area contributed by atoms with E-state index in [0.717, 1.165) is 47.5 Å². The van der Waals surface area contributed by atoms with Crippen LogP contribution < -0.4 is 5.32 Å². The largest absolute Gasteiger partial charge is 0.379 e. The van der Waals surface area contributed by atoms with Gasteiger partial charge in [0.15, 0.2) is 0 Å². The maximum atomic E-state index is 6.10. The number of alkyl halides is 1. The summed E-state index contributed by atoms with van der Waals surface area (Å²) in [4.78, 5) is 7.47. The Kier molecular flexibility index (Phi) is 18.1. The van der Waals surface area contributed by atoms with Gasteiger partial charge in [0.05, 0.1) is 31.2 Å². The number of nitrogens with zero attached hydrogens (tertiary/aromatic N) is 1. The fourth-order valence-electron chi connectivity index (χ4n) is 2.30. The van der Waals surface area contributed by atoms with Gasteiger partial charge in [0, 0.05) is 32.4 Å². The van der Waals surface area contributed by atoms with Crippen LogP contribution in [-0.2, 0) is 0 Å². The zero-order valence-corrected chi connectivity index (χ0v) is 32.0. The average molecular weight is 829 g/mol. The van der Waals surface area contributed by atoms with E-state index < -0.39 is 16.1 Å². The summed E-state index contributed by atoms with van der Waals surface area (Å²) in [6.45, 7) is 13.9. The number of thiocarbonyl (C=S) groups is 1. The first kappa shape index (κ1) is 36.1. The van der Waals surface area contributed by atoms with Gasteiger partial charge in [0.1, 0.15) is 4.99 Å². The van der Waals surface area contributed by atoms with E-state index in [-0.39, 0.29) is 0 Å². The van der Waals surface area contributed by atoms with Gasteiger partial charge >= 0.3 is 0 Å². The molecule has 0 saturated heterocycles. The third-order valence-corrected chi connectivity index (χ3v) is 9.96. The zero-order valence-electron chi connectivity index (χ0n) is 21.5. The van der Waals surface area contributed by atoms with Crippen molar-refractivity contribution < 1.29 is 0 Å². The van der Waals surface area contributed by atoms with Gasteiger partial charge < -0.3 is 5.32 Å².